The van der Waals surface area contributed by atoms with Gasteiger partial charge in [0.15, 0.2) is 0 Å². The number of nitrogens with zero attached hydrogens (tertiary/aromatic N) is 1. The maximum absolute atomic E-state index is 12.1. The number of rotatable bonds is 1. The molecule has 0 saturated heterocycles. The second-order valence-electron chi connectivity index (χ2n) is 1.43. The molecule has 1 heterocycles. The molecule has 0 spiro atoms. The van der Waals surface area contributed by atoms with E-state index in [1.165, 1.54) is 12.1 Å². The Labute approximate surface area is 56.4 Å². The van der Waals surface area contributed by atoms with Crippen molar-refractivity contribution in [1.29, 1.82) is 0 Å². The molecule has 0 unspecified atom stereocenters. The monoisotopic (exact) mass is 144 g/mol. The maximum atomic E-state index is 12.1. The zero-order valence-corrected chi connectivity index (χ0v) is 5.36. The third kappa shape index (κ3) is 1.65. The van der Waals surface area contributed by atoms with E-state index in [0.717, 1.165) is 18.1 Å². The Balaban J connectivity index is 2.88. The van der Waals surface area contributed by atoms with Gasteiger partial charge in [0.2, 0.25) is 0 Å². The van der Waals surface area contributed by atoms with Crippen LogP contribution in [0.5, 0.6) is 0 Å². The highest BCUT2D eigenvalue weighted by molar-refractivity contribution is 7.97. The summed E-state index contributed by atoms with van der Waals surface area (Å²) < 4.78 is 12.1. The molecule has 0 aliphatic carbocycles. The third-order valence-corrected chi connectivity index (χ3v) is 1.30. The lowest BCUT2D eigenvalue weighted by Crippen LogP contribution is -1.84. The minimum Gasteiger partial charge on any atom is -0.272 e. The molecule has 0 atom stereocenters. The average molecular weight is 144 g/mol. The molecule has 48 valence electrons. The minimum atomic E-state index is -0.340. The van der Waals surface area contributed by atoms with Gasteiger partial charge in [0.05, 0.1) is 6.20 Å². The van der Waals surface area contributed by atoms with E-state index < -0.39 is 0 Å². The van der Waals surface area contributed by atoms with Crippen LogP contribution in [0.15, 0.2) is 23.4 Å². The van der Waals surface area contributed by atoms with Crippen molar-refractivity contribution >= 4 is 11.9 Å². The van der Waals surface area contributed by atoms with Gasteiger partial charge in [0, 0.05) is 0 Å². The van der Waals surface area contributed by atoms with Crippen molar-refractivity contribution < 1.29 is 4.39 Å². The first-order valence-electron chi connectivity index (χ1n) is 2.31. The highest BCUT2D eigenvalue weighted by Crippen LogP contribution is 2.06. The Morgan fingerprint density at radius 2 is 2.33 bits per heavy atom. The molecular formula is C5H5FN2S. The fourth-order valence-electron chi connectivity index (χ4n) is 0.432. The molecule has 1 rings (SSSR count). The van der Waals surface area contributed by atoms with E-state index in [2.05, 4.69) is 4.98 Å². The molecule has 0 aliphatic heterocycles. The lowest BCUT2D eigenvalue weighted by atomic mass is 10.5. The van der Waals surface area contributed by atoms with Crippen molar-refractivity contribution in [3.8, 4) is 0 Å². The molecule has 0 amide bonds. The van der Waals surface area contributed by atoms with Crippen LogP contribution in [0.4, 0.5) is 4.39 Å². The molecule has 1 aromatic heterocycles. The molecule has 2 N–H and O–H groups in total. The molecule has 0 aliphatic rings. The smallest absolute Gasteiger partial charge is 0.141 e. The molecular weight excluding hydrogens is 139 g/mol. The number of aromatic nitrogens is 1. The van der Waals surface area contributed by atoms with Crippen LogP contribution in [0.1, 0.15) is 0 Å². The van der Waals surface area contributed by atoms with E-state index in [0.29, 0.717) is 5.03 Å². The average Bonchev–Trinajstić information content (AvgIpc) is 1.90. The van der Waals surface area contributed by atoms with Crippen LogP contribution in [0.2, 0.25) is 0 Å². The van der Waals surface area contributed by atoms with Crippen LogP contribution >= 0.6 is 11.9 Å². The first-order chi connectivity index (χ1) is 4.33. The summed E-state index contributed by atoms with van der Waals surface area (Å²) in [5, 5.41) is 5.75. The zero-order valence-electron chi connectivity index (χ0n) is 4.54. The van der Waals surface area contributed by atoms with Gasteiger partial charge in [0.1, 0.15) is 10.8 Å². The Kier molecular flexibility index (Phi) is 2.02. The summed E-state index contributed by atoms with van der Waals surface area (Å²) in [4.78, 5) is 3.66. The first kappa shape index (κ1) is 6.51. The number of nitrogens with two attached hydrogens (primary N) is 1. The van der Waals surface area contributed by atoms with Gasteiger partial charge < -0.3 is 0 Å². The van der Waals surface area contributed by atoms with Crippen molar-refractivity contribution in [2.45, 2.75) is 5.03 Å². The fourth-order valence-corrected chi connectivity index (χ4v) is 0.692. The first-order valence-corrected chi connectivity index (χ1v) is 3.19. The highest BCUT2D eigenvalue weighted by Gasteiger charge is 1.90. The van der Waals surface area contributed by atoms with Gasteiger partial charge in [-0.15, -0.1) is 0 Å². The van der Waals surface area contributed by atoms with Crippen LogP contribution < -0.4 is 5.14 Å². The molecule has 4 heteroatoms. The summed E-state index contributed by atoms with van der Waals surface area (Å²) in [5.74, 6) is -0.340. The van der Waals surface area contributed by atoms with Gasteiger partial charge >= 0.3 is 0 Å². The van der Waals surface area contributed by atoms with Crippen molar-refractivity contribution in [2.24, 2.45) is 5.14 Å². The number of halogens is 1. The van der Waals surface area contributed by atoms with Gasteiger partial charge in [-0.1, -0.05) is 0 Å². The van der Waals surface area contributed by atoms with Crippen molar-refractivity contribution in [3.63, 3.8) is 0 Å². The highest BCUT2D eigenvalue weighted by atomic mass is 32.2. The fraction of sp³-hybridized carbons (Fsp3) is 0. The van der Waals surface area contributed by atoms with Crippen molar-refractivity contribution in [3.05, 3.63) is 24.1 Å². The maximum Gasteiger partial charge on any atom is 0.141 e. The van der Waals surface area contributed by atoms with Crippen molar-refractivity contribution in [2.75, 3.05) is 0 Å². The Morgan fingerprint density at radius 1 is 1.56 bits per heavy atom. The zero-order chi connectivity index (χ0) is 6.69. The molecule has 0 saturated carbocycles. The lowest BCUT2D eigenvalue weighted by Gasteiger charge is -1.90. The third-order valence-electron chi connectivity index (χ3n) is 0.821. The van der Waals surface area contributed by atoms with Crippen LogP contribution in [0.3, 0.4) is 0 Å². The standard InChI is InChI=1S/C5H5FN2S/c6-4-1-2-5(9-7)8-3-4/h1-3H,7H2. The summed E-state index contributed by atoms with van der Waals surface area (Å²) in [6.45, 7) is 0. The molecule has 0 aromatic carbocycles. The molecule has 0 radical (unpaired) electrons. The van der Waals surface area contributed by atoms with Gasteiger partial charge in [-0.05, 0) is 24.1 Å². The van der Waals surface area contributed by atoms with E-state index in [-0.39, 0.29) is 5.82 Å². The SMILES string of the molecule is NSc1ccc(F)cn1. The van der Waals surface area contributed by atoms with E-state index in [9.17, 15) is 4.39 Å². The largest absolute Gasteiger partial charge is 0.272 e. The van der Waals surface area contributed by atoms with E-state index in [4.69, 9.17) is 5.14 Å². The number of hydrogen-bond donors (Lipinski definition) is 1. The topological polar surface area (TPSA) is 38.9 Å². The predicted octanol–water partition coefficient (Wildman–Crippen LogP) is 1.19. The summed E-state index contributed by atoms with van der Waals surface area (Å²) in [6, 6.07) is 2.85. The summed E-state index contributed by atoms with van der Waals surface area (Å²) >= 11 is 1.000. The summed E-state index contributed by atoms with van der Waals surface area (Å²) in [7, 11) is 0. The second-order valence-corrected chi connectivity index (χ2v) is 2.09. The van der Waals surface area contributed by atoms with Crippen LogP contribution in [-0.4, -0.2) is 4.98 Å². The van der Waals surface area contributed by atoms with Gasteiger partial charge in [-0.2, -0.15) is 0 Å². The molecule has 9 heavy (non-hydrogen) atoms. The van der Waals surface area contributed by atoms with Crippen molar-refractivity contribution in [1.82, 2.24) is 4.98 Å². The lowest BCUT2D eigenvalue weighted by molar-refractivity contribution is 0.618. The minimum absolute atomic E-state index is 0.340. The molecule has 0 bridgehead atoms. The van der Waals surface area contributed by atoms with Gasteiger partial charge in [0.25, 0.3) is 0 Å². The van der Waals surface area contributed by atoms with Gasteiger partial charge in [-0.25, -0.2) is 9.37 Å². The van der Waals surface area contributed by atoms with Crippen LogP contribution in [0, 0.1) is 5.82 Å². The predicted molar refractivity (Wildman–Crippen MR) is 34.2 cm³/mol. The summed E-state index contributed by atoms with van der Waals surface area (Å²) in [5.41, 5.74) is 0. The number of pyridine rings is 1. The van der Waals surface area contributed by atoms with Crippen LogP contribution in [-0.2, 0) is 0 Å². The van der Waals surface area contributed by atoms with E-state index in [1.54, 1.807) is 0 Å². The molecule has 2 nitrogen and oxygen atoms in total. The molecule has 0 fully saturated rings. The second kappa shape index (κ2) is 2.80. The normalized spacial score (nSPS) is 9.56. The molecule has 1 aromatic rings. The van der Waals surface area contributed by atoms with E-state index >= 15 is 0 Å². The Hall–Kier alpha value is -0.610. The Morgan fingerprint density at radius 3 is 2.78 bits per heavy atom. The Bertz CT molecular complexity index is 187. The summed E-state index contributed by atoms with van der Waals surface area (Å²) in [6.07, 6.45) is 1.13. The van der Waals surface area contributed by atoms with E-state index in [1.807, 2.05) is 0 Å². The van der Waals surface area contributed by atoms with Gasteiger partial charge in [-0.3, -0.25) is 5.14 Å². The number of hydrogen-bond acceptors (Lipinski definition) is 3. The van der Waals surface area contributed by atoms with Crippen LogP contribution in [0.25, 0.3) is 0 Å². The quantitative estimate of drug-likeness (QED) is 0.601.